The Balaban J connectivity index is 3.15. The van der Waals surface area contributed by atoms with Crippen molar-refractivity contribution >= 4 is 17.0 Å². The molecule has 0 aromatic heterocycles. The fourth-order valence-electron chi connectivity index (χ4n) is 2.24. The van der Waals surface area contributed by atoms with Gasteiger partial charge in [-0.2, -0.15) is 0 Å². The summed E-state index contributed by atoms with van der Waals surface area (Å²) in [7, 11) is 0. The second kappa shape index (κ2) is 18.3. The summed E-state index contributed by atoms with van der Waals surface area (Å²) in [4.78, 5) is 10.3. The van der Waals surface area contributed by atoms with Gasteiger partial charge >= 0.3 is 5.43 Å². The van der Waals surface area contributed by atoms with Crippen molar-refractivity contribution in [2.24, 2.45) is 0 Å². The van der Waals surface area contributed by atoms with Gasteiger partial charge in [0.25, 0.3) is 0 Å². The molecule has 0 aliphatic rings. The zero-order chi connectivity index (χ0) is 16.3. The standard InChI is InChI=1S/C19H33ClO2/c1-2-3-4-5-6-7-8-9-10-11-12-13-14-15-16-17-18-22-19(20)21/h6-7,9-10H,2-5,8,11-18H2,1H3/b7-6-,10-9-. The molecule has 0 saturated carbocycles. The van der Waals surface area contributed by atoms with E-state index < -0.39 is 5.43 Å². The lowest BCUT2D eigenvalue weighted by Crippen LogP contribution is -1.96. The van der Waals surface area contributed by atoms with E-state index in [1.807, 2.05) is 0 Å². The first-order valence-corrected chi connectivity index (χ1v) is 9.27. The van der Waals surface area contributed by atoms with Crippen LogP contribution in [0.4, 0.5) is 4.79 Å². The van der Waals surface area contributed by atoms with E-state index in [4.69, 9.17) is 11.6 Å². The van der Waals surface area contributed by atoms with Crippen LogP contribution in [0, 0.1) is 0 Å². The molecule has 0 saturated heterocycles. The van der Waals surface area contributed by atoms with Gasteiger partial charge in [-0.3, -0.25) is 0 Å². The van der Waals surface area contributed by atoms with Crippen LogP contribution in [0.1, 0.15) is 84.0 Å². The molecule has 22 heavy (non-hydrogen) atoms. The van der Waals surface area contributed by atoms with Crippen molar-refractivity contribution in [3.8, 4) is 0 Å². The highest BCUT2D eigenvalue weighted by molar-refractivity contribution is 6.61. The Kier molecular flexibility index (Phi) is 17.7. The van der Waals surface area contributed by atoms with E-state index in [9.17, 15) is 4.79 Å². The number of carbonyl (C=O) groups is 1. The van der Waals surface area contributed by atoms with Gasteiger partial charge < -0.3 is 4.74 Å². The molecule has 2 nitrogen and oxygen atoms in total. The van der Waals surface area contributed by atoms with Crippen LogP contribution >= 0.6 is 11.6 Å². The number of allylic oxidation sites excluding steroid dienone is 4. The third-order valence-electron chi connectivity index (χ3n) is 3.56. The molecule has 128 valence electrons. The van der Waals surface area contributed by atoms with Gasteiger partial charge in [0.05, 0.1) is 6.61 Å². The largest absolute Gasteiger partial charge is 0.454 e. The van der Waals surface area contributed by atoms with E-state index in [2.05, 4.69) is 36.0 Å². The summed E-state index contributed by atoms with van der Waals surface area (Å²) >= 11 is 5.08. The molecule has 0 aromatic rings. The Morgan fingerprint density at radius 2 is 1.36 bits per heavy atom. The SMILES string of the molecule is CCCCC/C=C\C/C=C\CCCCCCCCOC(=O)Cl. The molecular formula is C19H33ClO2. The molecule has 0 rings (SSSR count). The molecule has 0 N–H and O–H groups in total. The molecule has 3 heteroatoms. The molecule has 0 atom stereocenters. The molecule has 0 heterocycles. The molecule has 0 spiro atoms. The lowest BCUT2D eigenvalue weighted by Gasteiger charge is -2.01. The number of halogens is 1. The van der Waals surface area contributed by atoms with E-state index in [1.165, 1.54) is 57.8 Å². The average Bonchev–Trinajstić information content (AvgIpc) is 2.50. The first-order chi connectivity index (χ1) is 10.8. The van der Waals surface area contributed by atoms with Crippen LogP contribution in [0.5, 0.6) is 0 Å². The van der Waals surface area contributed by atoms with Gasteiger partial charge in [0, 0.05) is 11.6 Å². The normalized spacial score (nSPS) is 11.5. The lowest BCUT2D eigenvalue weighted by atomic mass is 10.1. The minimum atomic E-state index is -0.692. The van der Waals surface area contributed by atoms with Crippen molar-refractivity contribution in [3.05, 3.63) is 24.3 Å². The molecule has 0 radical (unpaired) electrons. The maximum absolute atomic E-state index is 10.3. The summed E-state index contributed by atoms with van der Waals surface area (Å²) < 4.78 is 4.67. The van der Waals surface area contributed by atoms with Crippen LogP contribution in [0.25, 0.3) is 0 Å². The van der Waals surface area contributed by atoms with Crippen molar-refractivity contribution in [2.75, 3.05) is 6.61 Å². The third kappa shape index (κ3) is 19.2. The Morgan fingerprint density at radius 1 is 0.818 bits per heavy atom. The van der Waals surface area contributed by atoms with E-state index in [1.54, 1.807) is 0 Å². The van der Waals surface area contributed by atoms with E-state index in [-0.39, 0.29) is 0 Å². The zero-order valence-electron chi connectivity index (χ0n) is 14.2. The molecule has 0 aliphatic carbocycles. The number of ether oxygens (including phenoxy) is 1. The summed E-state index contributed by atoms with van der Waals surface area (Å²) in [5.41, 5.74) is -0.692. The van der Waals surface area contributed by atoms with Gasteiger partial charge in [-0.25, -0.2) is 4.79 Å². The van der Waals surface area contributed by atoms with E-state index in [0.29, 0.717) is 6.61 Å². The number of carbonyl (C=O) groups excluding carboxylic acids is 1. The highest BCUT2D eigenvalue weighted by Crippen LogP contribution is 2.08. The van der Waals surface area contributed by atoms with Crippen LogP contribution in [0.3, 0.4) is 0 Å². The molecule has 0 aromatic carbocycles. The highest BCUT2D eigenvalue weighted by Gasteiger charge is 1.95. The molecule has 0 fully saturated rings. The molecule has 0 unspecified atom stereocenters. The first-order valence-electron chi connectivity index (χ1n) is 8.89. The van der Waals surface area contributed by atoms with Gasteiger partial charge in [-0.15, -0.1) is 0 Å². The maximum atomic E-state index is 10.3. The van der Waals surface area contributed by atoms with Crippen molar-refractivity contribution < 1.29 is 9.53 Å². The Hall–Kier alpha value is -0.760. The molecule has 0 amide bonds. The molecule has 0 aliphatic heterocycles. The average molecular weight is 329 g/mol. The second-order valence-electron chi connectivity index (χ2n) is 5.67. The zero-order valence-corrected chi connectivity index (χ0v) is 15.0. The highest BCUT2D eigenvalue weighted by atomic mass is 35.5. The monoisotopic (exact) mass is 328 g/mol. The Bertz CT molecular complexity index is 298. The molecular weight excluding hydrogens is 296 g/mol. The van der Waals surface area contributed by atoms with Crippen molar-refractivity contribution in [1.82, 2.24) is 0 Å². The smallest absolute Gasteiger partial charge is 0.403 e. The third-order valence-corrected chi connectivity index (χ3v) is 3.67. The summed E-state index contributed by atoms with van der Waals surface area (Å²) in [6.45, 7) is 2.70. The summed E-state index contributed by atoms with van der Waals surface area (Å²) in [5, 5.41) is 0. The molecule has 0 bridgehead atoms. The van der Waals surface area contributed by atoms with Crippen LogP contribution < -0.4 is 0 Å². The Morgan fingerprint density at radius 3 is 1.95 bits per heavy atom. The minimum Gasteiger partial charge on any atom is -0.454 e. The Labute approximate surface area is 142 Å². The minimum absolute atomic E-state index is 0.455. The van der Waals surface area contributed by atoms with Crippen LogP contribution in [0.15, 0.2) is 24.3 Å². The fraction of sp³-hybridized carbons (Fsp3) is 0.737. The van der Waals surface area contributed by atoms with Gasteiger partial charge in [0.1, 0.15) is 0 Å². The van der Waals surface area contributed by atoms with Gasteiger partial charge in [-0.05, 0) is 38.5 Å². The van der Waals surface area contributed by atoms with Crippen LogP contribution in [-0.4, -0.2) is 12.0 Å². The van der Waals surface area contributed by atoms with E-state index >= 15 is 0 Å². The summed E-state index contributed by atoms with van der Waals surface area (Å²) in [6, 6.07) is 0. The van der Waals surface area contributed by atoms with Gasteiger partial charge in [-0.1, -0.05) is 69.8 Å². The van der Waals surface area contributed by atoms with Crippen molar-refractivity contribution in [2.45, 2.75) is 84.0 Å². The predicted molar refractivity (Wildman–Crippen MR) is 96.6 cm³/mol. The predicted octanol–water partition coefficient (Wildman–Crippen LogP) is 7.18. The fourth-order valence-corrected chi connectivity index (χ4v) is 2.32. The van der Waals surface area contributed by atoms with Crippen molar-refractivity contribution in [1.29, 1.82) is 0 Å². The van der Waals surface area contributed by atoms with Crippen molar-refractivity contribution in [3.63, 3.8) is 0 Å². The lowest BCUT2D eigenvalue weighted by molar-refractivity contribution is 0.170. The number of hydrogen-bond acceptors (Lipinski definition) is 2. The number of rotatable bonds is 15. The summed E-state index contributed by atoms with van der Waals surface area (Å²) in [6.07, 6.45) is 23.7. The maximum Gasteiger partial charge on any atom is 0.403 e. The first kappa shape index (κ1) is 21.2. The quantitative estimate of drug-likeness (QED) is 0.181. The topological polar surface area (TPSA) is 26.3 Å². The van der Waals surface area contributed by atoms with Crippen LogP contribution in [0.2, 0.25) is 0 Å². The number of unbranched alkanes of at least 4 members (excludes halogenated alkanes) is 9. The number of hydrogen-bond donors (Lipinski definition) is 0. The van der Waals surface area contributed by atoms with Gasteiger partial charge in [0.15, 0.2) is 0 Å². The second-order valence-corrected chi connectivity index (χ2v) is 5.98. The van der Waals surface area contributed by atoms with Crippen LogP contribution in [-0.2, 0) is 4.74 Å². The van der Waals surface area contributed by atoms with Gasteiger partial charge in [0.2, 0.25) is 0 Å². The van der Waals surface area contributed by atoms with E-state index in [0.717, 1.165) is 19.3 Å². The summed E-state index contributed by atoms with van der Waals surface area (Å²) in [5.74, 6) is 0.